The molecule has 2 aromatic carbocycles. The summed E-state index contributed by atoms with van der Waals surface area (Å²) < 4.78 is 30.1. The van der Waals surface area contributed by atoms with Gasteiger partial charge in [-0.1, -0.05) is 29.3 Å². The van der Waals surface area contributed by atoms with Crippen LogP contribution >= 0.6 is 11.6 Å². The van der Waals surface area contributed by atoms with E-state index >= 15 is 0 Å². The van der Waals surface area contributed by atoms with E-state index in [1.807, 2.05) is 19.1 Å². The molecule has 0 saturated heterocycles. The van der Waals surface area contributed by atoms with Crippen molar-refractivity contribution in [3.63, 3.8) is 0 Å². The number of hydrogen-bond donors (Lipinski definition) is 1. The predicted octanol–water partition coefficient (Wildman–Crippen LogP) is 3.65. The largest absolute Gasteiger partial charge is 0.277 e. The minimum Gasteiger partial charge on any atom is -0.277 e. The van der Waals surface area contributed by atoms with Gasteiger partial charge in [-0.3, -0.25) is 4.72 Å². The van der Waals surface area contributed by atoms with Gasteiger partial charge in [0.15, 0.2) is 0 Å². The molecule has 0 bridgehead atoms. The molecule has 6 nitrogen and oxygen atoms in total. The van der Waals surface area contributed by atoms with Crippen molar-refractivity contribution in [2.75, 3.05) is 4.72 Å². The molecule has 3 aromatic rings. The van der Waals surface area contributed by atoms with Crippen molar-refractivity contribution < 1.29 is 8.42 Å². The molecule has 0 radical (unpaired) electrons. The SMILES string of the molecule is Cc1cc(C)c(S(=O)(=O)Nc2cc(Cl)ccc2-n2cncn2)c(C)c1. The maximum Gasteiger partial charge on any atom is 0.262 e. The van der Waals surface area contributed by atoms with Crippen LogP contribution in [0.2, 0.25) is 5.02 Å². The smallest absolute Gasteiger partial charge is 0.262 e. The normalized spacial score (nSPS) is 11.5. The molecule has 1 heterocycles. The van der Waals surface area contributed by atoms with Gasteiger partial charge in [0.2, 0.25) is 0 Å². The minimum absolute atomic E-state index is 0.266. The zero-order chi connectivity index (χ0) is 18.2. The maximum atomic E-state index is 13.0. The first-order valence-electron chi connectivity index (χ1n) is 7.53. The number of aromatic nitrogens is 3. The van der Waals surface area contributed by atoms with E-state index in [9.17, 15) is 8.42 Å². The van der Waals surface area contributed by atoms with Crippen molar-refractivity contribution in [2.45, 2.75) is 25.7 Å². The third kappa shape index (κ3) is 3.52. The van der Waals surface area contributed by atoms with E-state index < -0.39 is 10.0 Å². The Bertz CT molecular complexity index is 1010. The first kappa shape index (κ1) is 17.4. The number of sulfonamides is 1. The van der Waals surface area contributed by atoms with E-state index in [-0.39, 0.29) is 4.90 Å². The number of aryl methyl sites for hydroxylation is 3. The number of rotatable bonds is 4. The van der Waals surface area contributed by atoms with Crippen LogP contribution in [0.25, 0.3) is 5.69 Å². The van der Waals surface area contributed by atoms with E-state index in [0.29, 0.717) is 27.5 Å². The Kier molecular flexibility index (Phi) is 4.53. The summed E-state index contributed by atoms with van der Waals surface area (Å²) in [7, 11) is -3.79. The van der Waals surface area contributed by atoms with Gasteiger partial charge in [0.25, 0.3) is 10.0 Å². The van der Waals surface area contributed by atoms with E-state index in [4.69, 9.17) is 11.6 Å². The maximum absolute atomic E-state index is 13.0. The quantitative estimate of drug-likeness (QED) is 0.754. The summed E-state index contributed by atoms with van der Waals surface area (Å²) in [6, 6.07) is 8.59. The average molecular weight is 377 g/mol. The van der Waals surface area contributed by atoms with Gasteiger partial charge in [0.1, 0.15) is 12.7 Å². The first-order chi connectivity index (χ1) is 11.8. The molecule has 0 amide bonds. The summed E-state index contributed by atoms with van der Waals surface area (Å²) in [5.74, 6) is 0. The van der Waals surface area contributed by atoms with E-state index in [1.54, 1.807) is 32.0 Å². The highest BCUT2D eigenvalue weighted by Gasteiger charge is 2.22. The molecule has 0 aliphatic heterocycles. The standard InChI is InChI=1S/C17H17ClN4O2S/c1-11-6-12(2)17(13(3)7-11)25(23,24)21-15-8-14(18)4-5-16(15)22-10-19-9-20-22/h4-10,21H,1-3H3. The van der Waals surface area contributed by atoms with E-state index in [2.05, 4.69) is 14.8 Å². The van der Waals surface area contributed by atoms with Crippen LogP contribution in [0.5, 0.6) is 0 Å². The molecule has 1 N–H and O–H groups in total. The average Bonchev–Trinajstić information content (AvgIpc) is 2.99. The molecule has 0 atom stereocenters. The number of nitrogens with zero attached hydrogens (tertiary/aromatic N) is 3. The molecule has 1 aromatic heterocycles. The van der Waals surface area contributed by atoms with Crippen molar-refractivity contribution in [3.8, 4) is 5.69 Å². The molecule has 0 fully saturated rings. The number of nitrogens with one attached hydrogen (secondary N) is 1. The number of hydrogen-bond acceptors (Lipinski definition) is 4. The number of halogens is 1. The monoisotopic (exact) mass is 376 g/mol. The molecule has 3 rings (SSSR count). The van der Waals surface area contributed by atoms with Crippen LogP contribution in [-0.4, -0.2) is 23.2 Å². The molecule has 0 unspecified atom stereocenters. The predicted molar refractivity (Wildman–Crippen MR) is 97.8 cm³/mol. The van der Waals surface area contributed by atoms with Crippen molar-refractivity contribution in [1.82, 2.24) is 14.8 Å². The molecule has 0 aliphatic rings. The Morgan fingerprint density at radius 1 is 1.08 bits per heavy atom. The van der Waals surface area contributed by atoms with Gasteiger partial charge >= 0.3 is 0 Å². The molecule has 0 spiro atoms. The summed E-state index contributed by atoms with van der Waals surface area (Å²) in [5.41, 5.74) is 3.26. The van der Waals surface area contributed by atoms with Crippen LogP contribution in [0.1, 0.15) is 16.7 Å². The van der Waals surface area contributed by atoms with Crippen LogP contribution < -0.4 is 4.72 Å². The van der Waals surface area contributed by atoms with Crippen molar-refractivity contribution in [2.24, 2.45) is 0 Å². The van der Waals surface area contributed by atoms with Crippen LogP contribution in [0.4, 0.5) is 5.69 Å². The first-order valence-corrected chi connectivity index (χ1v) is 9.39. The lowest BCUT2D eigenvalue weighted by atomic mass is 10.1. The molecule has 130 valence electrons. The fourth-order valence-electron chi connectivity index (χ4n) is 2.91. The topological polar surface area (TPSA) is 76.9 Å². The number of benzene rings is 2. The van der Waals surface area contributed by atoms with Gasteiger partial charge in [-0.05, 0) is 50.1 Å². The van der Waals surface area contributed by atoms with E-state index in [0.717, 1.165) is 5.56 Å². The van der Waals surface area contributed by atoms with Gasteiger partial charge < -0.3 is 0 Å². The summed E-state index contributed by atoms with van der Waals surface area (Å²) in [4.78, 5) is 4.16. The van der Waals surface area contributed by atoms with Crippen LogP contribution in [-0.2, 0) is 10.0 Å². The zero-order valence-corrected chi connectivity index (χ0v) is 15.6. The molecule has 0 saturated carbocycles. The lowest BCUT2D eigenvalue weighted by Crippen LogP contribution is -2.17. The van der Waals surface area contributed by atoms with Crippen LogP contribution in [0, 0.1) is 20.8 Å². The number of anilines is 1. The second kappa shape index (κ2) is 6.50. The molecule has 25 heavy (non-hydrogen) atoms. The highest BCUT2D eigenvalue weighted by atomic mass is 35.5. The van der Waals surface area contributed by atoms with Crippen molar-refractivity contribution in [1.29, 1.82) is 0 Å². The Balaban J connectivity index is 2.10. The Morgan fingerprint density at radius 2 is 1.76 bits per heavy atom. The van der Waals surface area contributed by atoms with Crippen LogP contribution in [0.15, 0.2) is 47.9 Å². The van der Waals surface area contributed by atoms with Crippen LogP contribution in [0.3, 0.4) is 0 Å². The van der Waals surface area contributed by atoms with E-state index in [1.165, 1.54) is 17.3 Å². The summed E-state index contributed by atoms with van der Waals surface area (Å²) >= 11 is 6.06. The summed E-state index contributed by atoms with van der Waals surface area (Å²) in [5, 5.41) is 4.47. The van der Waals surface area contributed by atoms with Crippen molar-refractivity contribution in [3.05, 3.63) is 64.7 Å². The molecular weight excluding hydrogens is 360 g/mol. The highest BCUT2D eigenvalue weighted by Crippen LogP contribution is 2.29. The third-order valence-corrected chi connectivity index (χ3v) is 5.65. The lowest BCUT2D eigenvalue weighted by Gasteiger charge is -2.16. The Morgan fingerprint density at radius 3 is 2.36 bits per heavy atom. The zero-order valence-electron chi connectivity index (χ0n) is 14.0. The minimum atomic E-state index is -3.79. The summed E-state index contributed by atoms with van der Waals surface area (Å²) in [6.07, 6.45) is 2.87. The fourth-order valence-corrected chi connectivity index (χ4v) is 4.60. The Hall–Kier alpha value is -2.38. The van der Waals surface area contributed by atoms with Gasteiger partial charge in [-0.15, -0.1) is 0 Å². The van der Waals surface area contributed by atoms with Gasteiger partial charge in [-0.2, -0.15) is 5.10 Å². The third-order valence-electron chi connectivity index (χ3n) is 3.74. The fraction of sp³-hybridized carbons (Fsp3) is 0.176. The summed E-state index contributed by atoms with van der Waals surface area (Å²) in [6.45, 7) is 5.50. The molecular formula is C17H17ClN4O2S. The second-order valence-electron chi connectivity index (χ2n) is 5.83. The second-order valence-corrected chi connectivity index (χ2v) is 7.89. The van der Waals surface area contributed by atoms with Gasteiger partial charge in [-0.25, -0.2) is 18.1 Å². The van der Waals surface area contributed by atoms with Gasteiger partial charge in [0.05, 0.1) is 16.3 Å². The van der Waals surface area contributed by atoms with Crippen molar-refractivity contribution >= 4 is 27.3 Å². The van der Waals surface area contributed by atoms with Gasteiger partial charge in [0, 0.05) is 5.02 Å². The Labute approximate surface area is 151 Å². The molecule has 0 aliphatic carbocycles. The lowest BCUT2D eigenvalue weighted by molar-refractivity contribution is 0.600. The molecule has 8 heteroatoms. The highest BCUT2D eigenvalue weighted by molar-refractivity contribution is 7.92.